The summed E-state index contributed by atoms with van der Waals surface area (Å²) in [5, 5.41) is 9.82. The molecule has 2 amide bonds. The van der Waals surface area contributed by atoms with E-state index in [9.17, 15) is 23.5 Å². The number of amides is 2. The molecule has 11 heteroatoms. The normalized spacial score (nSPS) is 15.7. The van der Waals surface area contributed by atoms with Gasteiger partial charge in [-0.3, -0.25) is 0 Å². The molecule has 4 rings (SSSR count). The fraction of sp³-hybridized carbons (Fsp3) is 0.417. The van der Waals surface area contributed by atoms with Crippen LogP contribution in [-0.2, 0) is 11.2 Å². The molecule has 2 heterocycles. The number of fused-ring (bicyclic) bond motifs is 2. The first kappa shape index (κ1) is 24.4. The van der Waals surface area contributed by atoms with Crippen molar-refractivity contribution < 1.29 is 37.4 Å². The molecule has 3 aromatic rings. The van der Waals surface area contributed by atoms with Crippen molar-refractivity contribution in [3.8, 4) is 17.2 Å². The molecule has 0 spiro atoms. The van der Waals surface area contributed by atoms with Crippen LogP contribution in [0.3, 0.4) is 0 Å². The Morgan fingerprint density at radius 2 is 2.00 bits per heavy atom. The van der Waals surface area contributed by atoms with Gasteiger partial charge in [0.25, 0.3) is 0 Å². The van der Waals surface area contributed by atoms with Gasteiger partial charge in [0.2, 0.25) is 5.88 Å². The number of furan rings is 1. The van der Waals surface area contributed by atoms with Crippen molar-refractivity contribution >= 4 is 23.2 Å². The fourth-order valence-electron chi connectivity index (χ4n) is 4.17. The summed E-state index contributed by atoms with van der Waals surface area (Å²) in [5.41, 5.74) is 1.79. The highest BCUT2D eigenvalue weighted by molar-refractivity contribution is 5.91. The Balaban J connectivity index is 1.76. The van der Waals surface area contributed by atoms with E-state index in [1.54, 1.807) is 32.9 Å². The number of carboxylic acid groups (broad SMARTS) is 1. The molecule has 0 saturated heterocycles. The van der Waals surface area contributed by atoms with Crippen LogP contribution in [0.5, 0.6) is 5.88 Å². The largest absolute Gasteiger partial charge is 0.465 e. The maximum absolute atomic E-state index is 12.7. The maximum atomic E-state index is 12.7. The van der Waals surface area contributed by atoms with Crippen LogP contribution in [0.1, 0.15) is 56.5 Å². The summed E-state index contributed by atoms with van der Waals surface area (Å²) in [7, 11) is 0. The molecule has 186 valence electrons. The lowest BCUT2D eigenvalue weighted by Gasteiger charge is -2.31. The molecule has 0 saturated carbocycles. The molecule has 0 bridgehead atoms. The van der Waals surface area contributed by atoms with E-state index < -0.39 is 30.4 Å². The second-order valence-corrected chi connectivity index (χ2v) is 9.30. The highest BCUT2D eigenvalue weighted by atomic mass is 19.3. The lowest BCUT2D eigenvalue weighted by atomic mass is 9.92. The topological polar surface area (TPSA) is 115 Å². The van der Waals surface area contributed by atoms with Gasteiger partial charge in [-0.1, -0.05) is 0 Å². The second-order valence-electron chi connectivity index (χ2n) is 9.30. The van der Waals surface area contributed by atoms with Gasteiger partial charge in [-0.15, -0.1) is 0 Å². The summed E-state index contributed by atoms with van der Waals surface area (Å²) >= 11 is 0. The van der Waals surface area contributed by atoms with E-state index in [-0.39, 0.29) is 5.88 Å². The summed E-state index contributed by atoms with van der Waals surface area (Å²) in [4.78, 5) is 33.8. The van der Waals surface area contributed by atoms with Crippen LogP contribution in [0.4, 0.5) is 18.4 Å². The molecular formula is C24H25F2N3O6. The number of ether oxygens (including phenoxy) is 2. The Kier molecular flexibility index (Phi) is 6.35. The number of carbonyl (C=O) groups excluding carboxylic acids is 1. The van der Waals surface area contributed by atoms with Crippen molar-refractivity contribution in [3.63, 3.8) is 0 Å². The number of nitrogens with zero attached hydrogens (tertiary/aromatic N) is 3. The van der Waals surface area contributed by atoms with Crippen molar-refractivity contribution in [1.29, 1.82) is 0 Å². The minimum atomic E-state index is -3.03. The number of alkyl halides is 2. The molecule has 9 nitrogen and oxygen atoms in total. The summed E-state index contributed by atoms with van der Waals surface area (Å²) in [6, 6.07) is 4.41. The van der Waals surface area contributed by atoms with E-state index in [1.165, 1.54) is 0 Å². The second kappa shape index (κ2) is 9.12. The summed E-state index contributed by atoms with van der Waals surface area (Å²) in [5.74, 6) is 0.658. The molecule has 0 fully saturated rings. The van der Waals surface area contributed by atoms with E-state index in [1.807, 2.05) is 13.0 Å². The number of aryl methyl sites for hydroxylation is 2. The molecule has 0 aliphatic heterocycles. The number of halogens is 2. The van der Waals surface area contributed by atoms with Gasteiger partial charge in [0.05, 0.1) is 23.3 Å². The molecule has 1 aromatic carbocycles. The van der Waals surface area contributed by atoms with Gasteiger partial charge in [0.15, 0.2) is 0 Å². The third kappa shape index (κ3) is 5.18. The average Bonchev–Trinajstić information content (AvgIpc) is 3.16. The van der Waals surface area contributed by atoms with Crippen LogP contribution in [0, 0.1) is 6.92 Å². The van der Waals surface area contributed by atoms with Gasteiger partial charge in [0.1, 0.15) is 17.1 Å². The van der Waals surface area contributed by atoms with E-state index in [2.05, 4.69) is 14.7 Å². The SMILES string of the molecule is Cc1cc(-c2cc3c(o2)CCCC3N(C(=O)O)C(=O)OC(C)(C)C)c2ncc(OC(F)F)nc2c1. The number of hydrogen-bond donors (Lipinski definition) is 1. The summed E-state index contributed by atoms with van der Waals surface area (Å²) in [6.45, 7) is 3.77. The van der Waals surface area contributed by atoms with E-state index in [4.69, 9.17) is 9.15 Å². The van der Waals surface area contributed by atoms with Crippen molar-refractivity contribution in [3.05, 3.63) is 41.3 Å². The van der Waals surface area contributed by atoms with Gasteiger partial charge >= 0.3 is 18.8 Å². The van der Waals surface area contributed by atoms with Crippen LogP contribution in [0.15, 0.2) is 28.8 Å². The quantitative estimate of drug-likeness (QED) is 0.468. The number of aromatic nitrogens is 2. The first-order valence-electron chi connectivity index (χ1n) is 11.0. The van der Waals surface area contributed by atoms with Crippen molar-refractivity contribution in [1.82, 2.24) is 14.9 Å². The van der Waals surface area contributed by atoms with Crippen LogP contribution in [0.25, 0.3) is 22.4 Å². The first-order chi connectivity index (χ1) is 16.4. The lowest BCUT2D eigenvalue weighted by molar-refractivity contribution is -0.0528. The van der Waals surface area contributed by atoms with Crippen molar-refractivity contribution in [2.24, 2.45) is 0 Å². The zero-order valence-corrected chi connectivity index (χ0v) is 19.7. The Morgan fingerprint density at radius 3 is 2.66 bits per heavy atom. The third-order valence-corrected chi connectivity index (χ3v) is 5.43. The Bertz CT molecular complexity index is 1280. The summed E-state index contributed by atoms with van der Waals surface area (Å²) in [6.07, 6.45) is 0.325. The van der Waals surface area contributed by atoms with E-state index >= 15 is 0 Å². The molecule has 1 aliphatic carbocycles. The minimum Gasteiger partial charge on any atom is -0.465 e. The minimum absolute atomic E-state index is 0.308. The number of imide groups is 1. The zero-order chi connectivity index (χ0) is 25.5. The van der Waals surface area contributed by atoms with Gasteiger partial charge in [-0.2, -0.15) is 8.78 Å². The molecule has 1 unspecified atom stereocenters. The smallest absolute Gasteiger partial charge is 0.420 e. The van der Waals surface area contributed by atoms with Gasteiger partial charge < -0.3 is 19.0 Å². The molecule has 1 aliphatic rings. The standard InChI is InChI=1S/C24H25F2N3O6/c1-12-8-14(20-15(9-12)28-19(11-27-20)34-21(25)26)18-10-13-16(6-5-7-17(13)33-18)29(22(30)31)23(32)35-24(2,3)4/h8-11,16,21H,5-7H2,1-4H3,(H,30,31). The average molecular weight is 489 g/mol. The van der Waals surface area contributed by atoms with Crippen LogP contribution in [-0.4, -0.2) is 44.4 Å². The molecule has 1 N–H and O–H groups in total. The molecular weight excluding hydrogens is 464 g/mol. The van der Waals surface area contributed by atoms with Gasteiger partial charge in [0, 0.05) is 17.5 Å². The highest BCUT2D eigenvalue weighted by Crippen LogP contribution is 2.41. The first-order valence-corrected chi connectivity index (χ1v) is 11.0. The molecule has 2 aromatic heterocycles. The van der Waals surface area contributed by atoms with E-state index in [0.29, 0.717) is 57.8 Å². The van der Waals surface area contributed by atoms with Gasteiger partial charge in [-0.05, 0) is 64.3 Å². The lowest BCUT2D eigenvalue weighted by Crippen LogP contribution is -2.43. The van der Waals surface area contributed by atoms with Crippen LogP contribution in [0.2, 0.25) is 0 Å². The summed E-state index contributed by atoms with van der Waals surface area (Å²) < 4.78 is 41.0. The maximum Gasteiger partial charge on any atom is 0.420 e. The highest BCUT2D eigenvalue weighted by Gasteiger charge is 2.38. The third-order valence-electron chi connectivity index (χ3n) is 5.43. The monoisotopic (exact) mass is 489 g/mol. The van der Waals surface area contributed by atoms with E-state index in [0.717, 1.165) is 11.8 Å². The number of hydrogen-bond acceptors (Lipinski definition) is 7. The van der Waals surface area contributed by atoms with Gasteiger partial charge in [-0.25, -0.2) is 24.5 Å². The predicted octanol–water partition coefficient (Wildman–Crippen LogP) is 6.09. The molecule has 1 atom stereocenters. The number of rotatable bonds is 4. The number of benzene rings is 1. The molecule has 35 heavy (non-hydrogen) atoms. The number of carbonyl (C=O) groups is 2. The zero-order valence-electron chi connectivity index (χ0n) is 19.7. The predicted molar refractivity (Wildman–Crippen MR) is 120 cm³/mol. The Labute approximate surface area is 199 Å². The van der Waals surface area contributed by atoms with Crippen LogP contribution < -0.4 is 4.74 Å². The Morgan fingerprint density at radius 1 is 1.26 bits per heavy atom. The Hall–Kier alpha value is -3.76. The molecule has 0 radical (unpaired) electrons. The van der Waals surface area contributed by atoms with Crippen molar-refractivity contribution in [2.45, 2.75) is 65.2 Å². The van der Waals surface area contributed by atoms with Crippen LogP contribution >= 0.6 is 0 Å². The van der Waals surface area contributed by atoms with Crippen molar-refractivity contribution in [2.75, 3.05) is 0 Å². The fourth-order valence-corrected chi connectivity index (χ4v) is 4.17.